The first-order chi connectivity index (χ1) is 9.50. The average Bonchev–Trinajstić information content (AvgIpc) is 2.42. The minimum absolute atomic E-state index is 0.260. The van der Waals surface area contributed by atoms with Gasteiger partial charge in [0.2, 0.25) is 0 Å². The normalized spacial score (nSPS) is 13.7. The van der Waals surface area contributed by atoms with Crippen molar-refractivity contribution in [1.29, 1.82) is 0 Å². The van der Waals surface area contributed by atoms with Gasteiger partial charge >= 0.3 is 5.97 Å². The highest BCUT2D eigenvalue weighted by Crippen LogP contribution is 2.04. The molecule has 0 saturated carbocycles. The number of rotatable bonds is 9. The van der Waals surface area contributed by atoms with Gasteiger partial charge in [-0.15, -0.1) is 0 Å². The molecule has 0 aromatic heterocycles. The lowest BCUT2D eigenvalue weighted by Gasteiger charge is -2.15. The number of aliphatic hydroxyl groups excluding tert-OH is 1. The number of aliphatic carboxylic acids is 1. The molecule has 1 rings (SSSR count). The smallest absolute Gasteiger partial charge is 0.321 e. The van der Waals surface area contributed by atoms with Crippen LogP contribution in [-0.4, -0.2) is 40.7 Å². The number of carboxylic acid groups (broad SMARTS) is 1. The molecule has 0 saturated heterocycles. The molecular weight excluding hydrogens is 258 g/mol. The predicted octanol–water partition coefficient (Wildman–Crippen LogP) is 1.00. The molecule has 0 aliphatic rings. The van der Waals surface area contributed by atoms with Crippen LogP contribution in [0.5, 0.6) is 0 Å². The first-order valence-corrected chi connectivity index (χ1v) is 6.69. The number of carbonyl (C=O) groups excluding carboxylic acids is 1. The van der Waals surface area contributed by atoms with Gasteiger partial charge in [-0.2, -0.15) is 0 Å². The van der Waals surface area contributed by atoms with Gasteiger partial charge in [0.05, 0.1) is 0 Å². The molecule has 0 amide bonds. The lowest BCUT2D eigenvalue weighted by atomic mass is 10.1. The van der Waals surface area contributed by atoms with Crippen molar-refractivity contribution < 1.29 is 19.8 Å². The van der Waals surface area contributed by atoms with Crippen LogP contribution in [0, 0.1) is 0 Å². The van der Waals surface area contributed by atoms with Crippen LogP contribution < -0.4 is 5.32 Å². The highest BCUT2D eigenvalue weighted by atomic mass is 16.4. The van der Waals surface area contributed by atoms with Crippen LogP contribution in [0.3, 0.4) is 0 Å². The standard InChI is InChI=1S/C15H21NO4/c1-11(17)14(18)8-5-9-16-13(15(19)20)10-12-6-3-2-4-7-12/h2-4,6-7,13-14,16,18H,5,8-10H2,1H3,(H,19,20). The number of carboxylic acids is 1. The fourth-order valence-electron chi connectivity index (χ4n) is 1.87. The van der Waals surface area contributed by atoms with Crippen LogP contribution in [0.1, 0.15) is 25.3 Å². The number of ketones is 1. The van der Waals surface area contributed by atoms with E-state index in [4.69, 9.17) is 5.11 Å². The summed E-state index contributed by atoms with van der Waals surface area (Å²) >= 11 is 0. The third-order valence-electron chi connectivity index (χ3n) is 3.10. The van der Waals surface area contributed by atoms with Crippen molar-refractivity contribution >= 4 is 11.8 Å². The first-order valence-electron chi connectivity index (χ1n) is 6.69. The molecule has 1 aromatic carbocycles. The molecule has 0 fully saturated rings. The van der Waals surface area contributed by atoms with Crippen LogP contribution in [0.25, 0.3) is 0 Å². The van der Waals surface area contributed by atoms with Crippen LogP contribution in [-0.2, 0) is 16.0 Å². The topological polar surface area (TPSA) is 86.6 Å². The summed E-state index contributed by atoms with van der Waals surface area (Å²) in [6, 6.07) is 8.74. The van der Waals surface area contributed by atoms with Gasteiger partial charge in [0.25, 0.3) is 0 Å². The van der Waals surface area contributed by atoms with E-state index in [0.717, 1.165) is 5.56 Å². The van der Waals surface area contributed by atoms with E-state index in [9.17, 15) is 14.7 Å². The Hall–Kier alpha value is -1.72. The first kappa shape index (κ1) is 16.3. The largest absolute Gasteiger partial charge is 0.480 e. The number of aliphatic hydroxyl groups is 1. The molecule has 2 atom stereocenters. The zero-order valence-corrected chi connectivity index (χ0v) is 11.6. The number of nitrogens with one attached hydrogen (secondary N) is 1. The van der Waals surface area contributed by atoms with E-state index in [0.29, 0.717) is 25.8 Å². The maximum Gasteiger partial charge on any atom is 0.321 e. The Bertz CT molecular complexity index is 433. The van der Waals surface area contributed by atoms with Gasteiger partial charge in [-0.05, 0) is 38.3 Å². The van der Waals surface area contributed by atoms with Crippen molar-refractivity contribution in [2.75, 3.05) is 6.54 Å². The third kappa shape index (κ3) is 5.95. The van der Waals surface area contributed by atoms with Crippen LogP contribution in [0.2, 0.25) is 0 Å². The molecule has 5 heteroatoms. The lowest BCUT2D eigenvalue weighted by Crippen LogP contribution is -2.39. The Labute approximate surface area is 118 Å². The van der Waals surface area contributed by atoms with Crippen molar-refractivity contribution in [3.05, 3.63) is 35.9 Å². The number of Topliss-reactive ketones (excluding diaryl/α,β-unsaturated/α-hetero) is 1. The lowest BCUT2D eigenvalue weighted by molar-refractivity contribution is -0.139. The summed E-state index contributed by atoms with van der Waals surface area (Å²) in [5.41, 5.74) is 0.955. The van der Waals surface area contributed by atoms with Crippen molar-refractivity contribution in [2.24, 2.45) is 0 Å². The third-order valence-corrected chi connectivity index (χ3v) is 3.10. The van der Waals surface area contributed by atoms with Gasteiger partial charge in [0, 0.05) is 0 Å². The number of hydrogen-bond acceptors (Lipinski definition) is 4. The molecule has 0 aliphatic heterocycles. The minimum atomic E-state index is -0.950. The maximum atomic E-state index is 11.2. The molecule has 5 nitrogen and oxygen atoms in total. The molecule has 0 radical (unpaired) electrons. The molecule has 0 aliphatic carbocycles. The summed E-state index contributed by atoms with van der Waals surface area (Å²) in [5, 5.41) is 21.4. The van der Waals surface area contributed by atoms with Crippen LogP contribution in [0.15, 0.2) is 30.3 Å². The minimum Gasteiger partial charge on any atom is -0.480 e. The van der Waals surface area contributed by atoms with E-state index in [1.54, 1.807) is 0 Å². The second kappa shape index (κ2) is 8.45. The maximum absolute atomic E-state index is 11.2. The van der Waals surface area contributed by atoms with Gasteiger partial charge < -0.3 is 15.5 Å². The molecular formula is C15H21NO4. The van der Waals surface area contributed by atoms with E-state index in [2.05, 4.69) is 5.32 Å². The summed E-state index contributed by atoms with van der Waals surface area (Å²) in [5.74, 6) is -1.16. The van der Waals surface area contributed by atoms with Gasteiger partial charge in [0.15, 0.2) is 5.78 Å². The Morgan fingerprint density at radius 3 is 2.45 bits per heavy atom. The zero-order valence-electron chi connectivity index (χ0n) is 11.6. The predicted molar refractivity (Wildman–Crippen MR) is 75.5 cm³/mol. The quantitative estimate of drug-likeness (QED) is 0.587. The molecule has 110 valence electrons. The van der Waals surface area contributed by atoms with E-state index in [1.807, 2.05) is 30.3 Å². The van der Waals surface area contributed by atoms with Crippen molar-refractivity contribution in [3.8, 4) is 0 Å². The zero-order chi connectivity index (χ0) is 15.0. The highest BCUT2D eigenvalue weighted by molar-refractivity contribution is 5.80. The molecule has 1 aromatic rings. The second-order valence-corrected chi connectivity index (χ2v) is 4.80. The molecule has 0 heterocycles. The van der Waals surface area contributed by atoms with E-state index >= 15 is 0 Å². The van der Waals surface area contributed by atoms with Crippen molar-refractivity contribution in [3.63, 3.8) is 0 Å². The Morgan fingerprint density at radius 1 is 1.25 bits per heavy atom. The Kier molecular flexibility index (Phi) is 6.90. The van der Waals surface area contributed by atoms with E-state index < -0.39 is 18.1 Å². The van der Waals surface area contributed by atoms with Crippen LogP contribution in [0.4, 0.5) is 0 Å². The van der Waals surface area contributed by atoms with Gasteiger partial charge in [-0.1, -0.05) is 30.3 Å². The van der Waals surface area contributed by atoms with Gasteiger partial charge in [-0.25, -0.2) is 0 Å². The molecule has 3 N–H and O–H groups in total. The highest BCUT2D eigenvalue weighted by Gasteiger charge is 2.17. The van der Waals surface area contributed by atoms with E-state index in [-0.39, 0.29) is 5.78 Å². The number of carbonyl (C=O) groups is 2. The van der Waals surface area contributed by atoms with Crippen molar-refractivity contribution in [1.82, 2.24) is 5.32 Å². The van der Waals surface area contributed by atoms with Crippen LogP contribution >= 0.6 is 0 Å². The monoisotopic (exact) mass is 279 g/mol. The van der Waals surface area contributed by atoms with E-state index in [1.165, 1.54) is 6.92 Å². The summed E-state index contributed by atoms with van der Waals surface area (Å²) in [7, 11) is 0. The number of hydrogen-bond donors (Lipinski definition) is 3. The molecule has 20 heavy (non-hydrogen) atoms. The molecule has 0 spiro atoms. The van der Waals surface area contributed by atoms with Gasteiger partial charge in [0.1, 0.15) is 12.1 Å². The SMILES string of the molecule is CC(=O)C(O)CCCNC(Cc1ccccc1)C(=O)O. The Morgan fingerprint density at radius 2 is 1.90 bits per heavy atom. The molecule has 2 unspecified atom stereocenters. The summed E-state index contributed by atoms with van der Waals surface area (Å²) < 4.78 is 0. The van der Waals surface area contributed by atoms with Crippen molar-refractivity contribution in [2.45, 2.75) is 38.3 Å². The average molecular weight is 279 g/mol. The summed E-state index contributed by atoms with van der Waals surface area (Å²) in [6.45, 7) is 1.79. The molecule has 0 bridgehead atoms. The second-order valence-electron chi connectivity index (χ2n) is 4.80. The Balaban J connectivity index is 2.37. The fourth-order valence-corrected chi connectivity index (χ4v) is 1.87. The fraction of sp³-hybridized carbons (Fsp3) is 0.467. The summed E-state index contributed by atoms with van der Waals surface area (Å²) in [4.78, 5) is 22.0. The summed E-state index contributed by atoms with van der Waals surface area (Å²) in [6.07, 6.45) is 0.360. The van der Waals surface area contributed by atoms with Gasteiger partial charge in [-0.3, -0.25) is 9.59 Å². The number of benzene rings is 1.